The minimum absolute atomic E-state index is 0. The van der Waals surface area contributed by atoms with E-state index in [0.717, 1.165) is 5.56 Å². The van der Waals surface area contributed by atoms with Crippen LogP contribution in [0.3, 0.4) is 0 Å². The number of hydrogen-bond donors (Lipinski definition) is 0. The van der Waals surface area contributed by atoms with Crippen molar-refractivity contribution in [3.05, 3.63) is 39.6 Å². The number of nitrogens with zero attached hydrogens (tertiary/aromatic N) is 4. The Kier molecular flexibility index (Phi) is 5.55. The van der Waals surface area contributed by atoms with Gasteiger partial charge in [-0.05, 0) is 19.1 Å². The number of halogens is 2. The molecule has 0 fully saturated rings. The van der Waals surface area contributed by atoms with Crippen LogP contribution >= 0.6 is 23.2 Å². The molecule has 0 saturated carbocycles. The quantitative estimate of drug-likeness (QED) is 0.621. The third kappa shape index (κ3) is 3.43. The topological polar surface area (TPSA) is 43.1 Å². The Labute approximate surface area is 130 Å². The van der Waals surface area contributed by atoms with E-state index in [9.17, 15) is 0 Å². The maximum atomic E-state index is 6.01. The van der Waals surface area contributed by atoms with Gasteiger partial charge in [0.1, 0.15) is 5.82 Å². The smallest absolute Gasteiger partial charge is 0.738 e. The maximum absolute atomic E-state index is 6.01. The Morgan fingerprint density at radius 1 is 1.33 bits per heavy atom. The van der Waals surface area contributed by atoms with Crippen molar-refractivity contribution in [3.8, 4) is 0 Å². The summed E-state index contributed by atoms with van der Waals surface area (Å²) in [6, 6.07) is 5.16. The van der Waals surface area contributed by atoms with E-state index >= 15 is 0 Å². The summed E-state index contributed by atoms with van der Waals surface area (Å²) in [5.41, 5.74) is 0.749. The number of benzene rings is 1. The molecule has 0 atom stereocenters. The summed E-state index contributed by atoms with van der Waals surface area (Å²) in [6.45, 7) is 1.77. The standard InChI is InChI=1S/C10H8Cl2N4S.Co/c1-6-14-15-10(17)16(6)13-5-7-2-3-8(11)4-9(7)12;/h2-5H,1H3,(H,15,17);/q;+2/p-1. The fourth-order valence-corrected chi connectivity index (χ4v) is 1.87. The minimum atomic E-state index is 0. The molecule has 1 radical (unpaired) electrons. The van der Waals surface area contributed by atoms with Crippen molar-refractivity contribution >= 4 is 42.0 Å². The van der Waals surface area contributed by atoms with Gasteiger partial charge >= 0.3 is 16.8 Å². The van der Waals surface area contributed by atoms with Crippen molar-refractivity contribution in [3.63, 3.8) is 0 Å². The van der Waals surface area contributed by atoms with Crippen molar-refractivity contribution < 1.29 is 16.8 Å². The molecule has 0 saturated heterocycles. The molecule has 1 aromatic carbocycles. The molecule has 0 aliphatic carbocycles. The second-order valence-corrected chi connectivity index (χ2v) is 4.46. The van der Waals surface area contributed by atoms with E-state index in [1.807, 2.05) is 0 Å². The summed E-state index contributed by atoms with van der Waals surface area (Å²) < 4.78 is 1.46. The average Bonchev–Trinajstić information content (AvgIpc) is 2.58. The van der Waals surface area contributed by atoms with Crippen molar-refractivity contribution in [1.29, 1.82) is 0 Å². The molecule has 1 heterocycles. The molecule has 0 spiro atoms. The van der Waals surface area contributed by atoms with E-state index in [1.54, 1.807) is 31.3 Å². The van der Waals surface area contributed by atoms with Gasteiger partial charge in [0.2, 0.25) is 0 Å². The molecular weight excluding hydrogens is 338 g/mol. The van der Waals surface area contributed by atoms with E-state index < -0.39 is 0 Å². The molecule has 1 aromatic heterocycles. The van der Waals surface area contributed by atoms with Crippen molar-refractivity contribution in [2.75, 3.05) is 0 Å². The summed E-state index contributed by atoms with van der Waals surface area (Å²) in [5.74, 6) is 0.622. The average molecular weight is 345 g/mol. The molecule has 0 unspecified atom stereocenters. The first kappa shape index (κ1) is 15.4. The summed E-state index contributed by atoms with van der Waals surface area (Å²) in [6.07, 6.45) is 1.59. The van der Waals surface area contributed by atoms with Crippen molar-refractivity contribution in [2.24, 2.45) is 5.10 Å². The van der Waals surface area contributed by atoms with E-state index in [1.165, 1.54) is 4.68 Å². The summed E-state index contributed by atoms with van der Waals surface area (Å²) in [4.78, 5) is 0. The summed E-state index contributed by atoms with van der Waals surface area (Å²) in [7, 11) is 0. The van der Waals surface area contributed by atoms with Crippen LogP contribution in [0.4, 0.5) is 0 Å². The zero-order chi connectivity index (χ0) is 12.4. The monoisotopic (exact) mass is 344 g/mol. The molecule has 18 heavy (non-hydrogen) atoms. The Morgan fingerprint density at radius 2 is 2.06 bits per heavy atom. The molecule has 2 rings (SSSR count). The van der Waals surface area contributed by atoms with E-state index in [-0.39, 0.29) is 16.8 Å². The largest absolute Gasteiger partial charge is 2.00 e. The predicted molar refractivity (Wildman–Crippen MR) is 69.8 cm³/mol. The van der Waals surface area contributed by atoms with Gasteiger partial charge in [0.05, 0.1) is 11.2 Å². The number of aryl methyl sites for hydroxylation is 1. The number of aromatic nitrogens is 3. The van der Waals surface area contributed by atoms with Crippen LogP contribution in [-0.4, -0.2) is 21.1 Å². The molecule has 0 bridgehead atoms. The molecule has 95 valence electrons. The van der Waals surface area contributed by atoms with Gasteiger partial charge < -0.3 is 12.6 Å². The Morgan fingerprint density at radius 3 is 2.61 bits per heavy atom. The van der Waals surface area contributed by atoms with Crippen LogP contribution in [0.2, 0.25) is 10.0 Å². The number of hydrogen-bond acceptors (Lipinski definition) is 4. The van der Waals surface area contributed by atoms with Crippen LogP contribution in [0.5, 0.6) is 0 Å². The normalized spacial score (nSPS) is 10.6. The van der Waals surface area contributed by atoms with Crippen molar-refractivity contribution in [2.45, 2.75) is 12.1 Å². The molecule has 8 heteroatoms. The SMILES string of the molecule is Cc1nnc([S-])n1N=Cc1ccc(Cl)cc1Cl.[Co+2]. The van der Waals surface area contributed by atoms with Crippen LogP contribution in [0, 0.1) is 6.92 Å². The molecule has 2 aromatic rings. The van der Waals surface area contributed by atoms with Gasteiger partial charge in [-0.2, -0.15) is 10.2 Å². The Bertz CT molecular complexity index is 566. The van der Waals surface area contributed by atoms with Gasteiger partial charge in [-0.3, -0.25) is 0 Å². The zero-order valence-corrected chi connectivity index (χ0v) is 12.5. The van der Waals surface area contributed by atoms with Gasteiger partial charge in [-0.25, -0.2) is 4.68 Å². The van der Waals surface area contributed by atoms with Crippen LogP contribution < -0.4 is 0 Å². The summed E-state index contributed by atoms with van der Waals surface area (Å²) in [5, 5.41) is 13.1. The number of rotatable bonds is 2. The summed E-state index contributed by atoms with van der Waals surface area (Å²) >= 11 is 16.8. The van der Waals surface area contributed by atoms with Crippen LogP contribution in [0.1, 0.15) is 11.4 Å². The first-order valence-electron chi connectivity index (χ1n) is 4.66. The maximum Gasteiger partial charge on any atom is 2.00 e. The van der Waals surface area contributed by atoms with Crippen LogP contribution in [-0.2, 0) is 29.4 Å². The van der Waals surface area contributed by atoms with E-state index in [0.29, 0.717) is 21.0 Å². The Balaban J connectivity index is 0.00000162. The third-order valence-electron chi connectivity index (χ3n) is 2.04. The predicted octanol–water partition coefficient (Wildman–Crippen LogP) is 2.68. The first-order chi connectivity index (χ1) is 8.08. The van der Waals surface area contributed by atoms with E-state index in [2.05, 4.69) is 15.3 Å². The van der Waals surface area contributed by atoms with Crippen LogP contribution in [0.15, 0.2) is 28.5 Å². The molecule has 0 aliphatic heterocycles. The van der Waals surface area contributed by atoms with Gasteiger partial charge in [-0.15, -0.1) is 5.10 Å². The zero-order valence-electron chi connectivity index (χ0n) is 9.10. The molecular formula is C10H7Cl2CoN4S+. The minimum Gasteiger partial charge on any atom is -0.738 e. The Hall–Kier alpha value is -0.664. The second-order valence-electron chi connectivity index (χ2n) is 3.25. The van der Waals surface area contributed by atoms with Gasteiger partial charge in [-0.1, -0.05) is 29.3 Å². The fraction of sp³-hybridized carbons (Fsp3) is 0.100. The molecule has 0 N–H and O–H groups in total. The third-order valence-corrected chi connectivity index (χ3v) is 2.86. The van der Waals surface area contributed by atoms with Crippen LogP contribution in [0.25, 0.3) is 0 Å². The molecule has 0 aliphatic rings. The molecule has 0 amide bonds. The first-order valence-corrected chi connectivity index (χ1v) is 5.83. The molecule has 4 nitrogen and oxygen atoms in total. The fourth-order valence-electron chi connectivity index (χ4n) is 1.20. The second kappa shape index (κ2) is 6.49. The van der Waals surface area contributed by atoms with Crippen molar-refractivity contribution in [1.82, 2.24) is 14.9 Å². The van der Waals surface area contributed by atoms with Gasteiger partial charge in [0.25, 0.3) is 0 Å². The van der Waals surface area contributed by atoms with Gasteiger partial charge in [0.15, 0.2) is 0 Å². The van der Waals surface area contributed by atoms with Gasteiger partial charge in [0, 0.05) is 15.7 Å². The van der Waals surface area contributed by atoms with E-state index in [4.69, 9.17) is 35.8 Å².